The number of halogens is 1. The van der Waals surface area contributed by atoms with E-state index in [1.807, 2.05) is 36.7 Å². The van der Waals surface area contributed by atoms with Crippen LogP contribution in [-0.4, -0.2) is 27.2 Å². The average Bonchev–Trinajstić information content (AvgIpc) is 3.05. The summed E-state index contributed by atoms with van der Waals surface area (Å²) in [5, 5.41) is 8.19. The first-order valence-corrected chi connectivity index (χ1v) is 9.88. The Balaban J connectivity index is 1.40. The van der Waals surface area contributed by atoms with Crippen molar-refractivity contribution in [2.45, 2.75) is 27.2 Å². The Hall–Kier alpha value is -3.54. The number of pyridine rings is 1. The lowest BCUT2D eigenvalue weighted by atomic mass is 10.1. The number of aryl methyl sites for hydroxylation is 3. The van der Waals surface area contributed by atoms with Crippen molar-refractivity contribution in [1.29, 1.82) is 0 Å². The molecule has 2 aromatic heterocycles. The molecule has 1 N–H and O–H groups in total. The predicted octanol–water partition coefficient (Wildman–Crippen LogP) is 4.46. The zero-order valence-electron chi connectivity index (χ0n) is 17.2. The van der Waals surface area contributed by atoms with Crippen LogP contribution in [0.3, 0.4) is 0 Å². The van der Waals surface area contributed by atoms with E-state index < -0.39 is 0 Å². The van der Waals surface area contributed by atoms with Gasteiger partial charge in [-0.15, -0.1) is 0 Å². The molecule has 30 heavy (non-hydrogen) atoms. The second-order valence-electron chi connectivity index (χ2n) is 7.47. The molecule has 0 unspecified atom stereocenters. The highest BCUT2D eigenvalue weighted by Crippen LogP contribution is 2.18. The van der Waals surface area contributed by atoms with E-state index in [0.717, 1.165) is 28.0 Å². The lowest BCUT2D eigenvalue weighted by molar-refractivity contribution is 0.0953. The van der Waals surface area contributed by atoms with E-state index in [1.165, 1.54) is 12.1 Å². The van der Waals surface area contributed by atoms with E-state index in [-0.39, 0.29) is 11.7 Å². The van der Waals surface area contributed by atoms with Crippen molar-refractivity contribution in [3.05, 3.63) is 88.6 Å². The summed E-state index contributed by atoms with van der Waals surface area (Å²) in [6.07, 6.45) is 0.717. The average molecular weight is 402 g/mol. The standard InChI is InChI=1S/C24H23FN4O/c1-15-12-16(2)29(28-15)21-8-4-18(5-9-21)10-11-26-24(30)22-13-19-6-7-20(25)14-23(19)27-17(22)3/h4-9,12-14H,10-11H2,1-3H3,(H,26,30). The molecule has 0 aliphatic carbocycles. The highest BCUT2D eigenvalue weighted by atomic mass is 19.1. The third-order valence-electron chi connectivity index (χ3n) is 5.10. The fraction of sp³-hybridized carbons (Fsp3) is 0.208. The van der Waals surface area contributed by atoms with E-state index in [0.29, 0.717) is 29.7 Å². The van der Waals surface area contributed by atoms with Gasteiger partial charge in [0.25, 0.3) is 5.91 Å². The summed E-state index contributed by atoms with van der Waals surface area (Å²) in [6.45, 7) is 6.28. The van der Waals surface area contributed by atoms with Crippen LogP contribution in [0.4, 0.5) is 4.39 Å². The topological polar surface area (TPSA) is 59.8 Å². The molecule has 1 amide bonds. The molecule has 0 fully saturated rings. The minimum atomic E-state index is -0.338. The second kappa shape index (κ2) is 8.06. The van der Waals surface area contributed by atoms with Gasteiger partial charge in [-0.1, -0.05) is 12.1 Å². The van der Waals surface area contributed by atoms with Crippen molar-refractivity contribution >= 4 is 16.8 Å². The van der Waals surface area contributed by atoms with Gasteiger partial charge >= 0.3 is 0 Å². The molecule has 2 heterocycles. The van der Waals surface area contributed by atoms with Crippen LogP contribution in [-0.2, 0) is 6.42 Å². The Morgan fingerprint density at radius 1 is 1.03 bits per heavy atom. The third kappa shape index (κ3) is 4.08. The first kappa shape index (κ1) is 19.8. The maximum Gasteiger partial charge on any atom is 0.253 e. The van der Waals surface area contributed by atoms with E-state index in [4.69, 9.17) is 0 Å². The van der Waals surface area contributed by atoms with Crippen LogP contribution in [0.25, 0.3) is 16.6 Å². The molecule has 0 radical (unpaired) electrons. The maximum absolute atomic E-state index is 13.4. The fourth-order valence-corrected chi connectivity index (χ4v) is 3.58. The van der Waals surface area contributed by atoms with Crippen molar-refractivity contribution in [2.24, 2.45) is 0 Å². The lowest BCUT2D eigenvalue weighted by Crippen LogP contribution is -2.26. The number of carbonyl (C=O) groups is 1. The Kier molecular flexibility index (Phi) is 5.31. The van der Waals surface area contributed by atoms with Crippen molar-refractivity contribution in [3.63, 3.8) is 0 Å². The number of nitrogens with one attached hydrogen (secondary N) is 1. The van der Waals surface area contributed by atoms with Crippen LogP contribution >= 0.6 is 0 Å². The molecule has 4 rings (SSSR count). The summed E-state index contributed by atoms with van der Waals surface area (Å²) in [4.78, 5) is 17.0. The van der Waals surface area contributed by atoms with Gasteiger partial charge in [0, 0.05) is 23.7 Å². The van der Waals surface area contributed by atoms with E-state index in [9.17, 15) is 9.18 Å². The van der Waals surface area contributed by atoms with Gasteiger partial charge in [0.15, 0.2) is 0 Å². The molecule has 4 aromatic rings. The number of hydrogen-bond donors (Lipinski definition) is 1. The Morgan fingerprint density at radius 3 is 2.50 bits per heavy atom. The lowest BCUT2D eigenvalue weighted by Gasteiger charge is -2.10. The van der Waals surface area contributed by atoms with Crippen LogP contribution in [0.2, 0.25) is 0 Å². The normalized spacial score (nSPS) is 11.1. The molecular weight excluding hydrogens is 379 g/mol. The van der Waals surface area contributed by atoms with E-state index in [1.54, 1.807) is 19.1 Å². The van der Waals surface area contributed by atoms with Crippen molar-refractivity contribution in [3.8, 4) is 5.69 Å². The smallest absolute Gasteiger partial charge is 0.253 e. The summed E-state index contributed by atoms with van der Waals surface area (Å²) in [5.74, 6) is -0.513. The molecule has 0 saturated heterocycles. The number of aromatic nitrogens is 3. The van der Waals surface area contributed by atoms with Crippen LogP contribution in [0.15, 0.2) is 54.6 Å². The number of benzene rings is 2. The van der Waals surface area contributed by atoms with Gasteiger partial charge < -0.3 is 5.32 Å². The molecule has 5 nitrogen and oxygen atoms in total. The number of amides is 1. The number of hydrogen-bond acceptors (Lipinski definition) is 3. The highest BCUT2D eigenvalue weighted by Gasteiger charge is 2.12. The van der Waals surface area contributed by atoms with Crippen molar-refractivity contribution in [2.75, 3.05) is 6.54 Å². The fourth-order valence-electron chi connectivity index (χ4n) is 3.58. The monoisotopic (exact) mass is 402 g/mol. The third-order valence-corrected chi connectivity index (χ3v) is 5.10. The molecule has 0 bridgehead atoms. The minimum absolute atomic E-state index is 0.175. The summed E-state index contributed by atoms with van der Waals surface area (Å²) >= 11 is 0. The Labute approximate surface area is 174 Å². The van der Waals surface area contributed by atoms with Gasteiger partial charge in [-0.3, -0.25) is 9.78 Å². The summed E-state index contributed by atoms with van der Waals surface area (Å²) in [7, 11) is 0. The van der Waals surface area contributed by atoms with Gasteiger partial charge in [-0.05, 0) is 69.2 Å². The number of nitrogens with zero attached hydrogens (tertiary/aromatic N) is 3. The second-order valence-corrected chi connectivity index (χ2v) is 7.47. The summed E-state index contributed by atoms with van der Waals surface area (Å²) < 4.78 is 15.3. The SMILES string of the molecule is Cc1cc(C)n(-c2ccc(CCNC(=O)c3cc4ccc(F)cc4nc3C)cc2)n1. The molecule has 0 aliphatic heterocycles. The minimum Gasteiger partial charge on any atom is -0.352 e. The first-order chi connectivity index (χ1) is 14.4. The number of rotatable bonds is 5. The zero-order chi connectivity index (χ0) is 21.3. The molecule has 0 spiro atoms. The molecule has 6 heteroatoms. The summed E-state index contributed by atoms with van der Waals surface area (Å²) in [6, 6.07) is 16.4. The molecule has 0 saturated carbocycles. The highest BCUT2D eigenvalue weighted by molar-refractivity contribution is 5.98. The molecule has 152 valence electrons. The largest absolute Gasteiger partial charge is 0.352 e. The van der Waals surface area contributed by atoms with Crippen LogP contribution < -0.4 is 5.32 Å². The van der Waals surface area contributed by atoms with Gasteiger partial charge in [0.05, 0.1) is 28.2 Å². The van der Waals surface area contributed by atoms with Crippen LogP contribution in [0.5, 0.6) is 0 Å². The molecule has 2 aromatic carbocycles. The summed E-state index contributed by atoms with van der Waals surface area (Å²) in [5.41, 5.74) is 5.87. The first-order valence-electron chi connectivity index (χ1n) is 9.88. The Bertz CT molecular complexity index is 1230. The van der Waals surface area contributed by atoms with E-state index in [2.05, 4.69) is 27.5 Å². The quantitative estimate of drug-likeness (QED) is 0.536. The predicted molar refractivity (Wildman–Crippen MR) is 116 cm³/mol. The van der Waals surface area contributed by atoms with Crippen molar-refractivity contribution in [1.82, 2.24) is 20.1 Å². The molecular formula is C24H23FN4O. The van der Waals surface area contributed by atoms with Crippen LogP contribution in [0, 0.1) is 26.6 Å². The molecule has 0 atom stereocenters. The number of fused-ring (bicyclic) bond motifs is 1. The van der Waals surface area contributed by atoms with E-state index >= 15 is 0 Å². The molecule has 0 aliphatic rings. The maximum atomic E-state index is 13.4. The Morgan fingerprint density at radius 2 is 1.80 bits per heavy atom. The zero-order valence-corrected chi connectivity index (χ0v) is 17.2. The van der Waals surface area contributed by atoms with Gasteiger partial charge in [-0.25, -0.2) is 9.07 Å². The number of carbonyl (C=O) groups excluding carboxylic acids is 1. The van der Waals surface area contributed by atoms with Crippen molar-refractivity contribution < 1.29 is 9.18 Å². The van der Waals surface area contributed by atoms with Gasteiger partial charge in [0.2, 0.25) is 0 Å². The van der Waals surface area contributed by atoms with Gasteiger partial charge in [-0.2, -0.15) is 5.10 Å². The van der Waals surface area contributed by atoms with Gasteiger partial charge in [0.1, 0.15) is 5.82 Å². The van der Waals surface area contributed by atoms with Crippen LogP contribution in [0.1, 0.15) is 33.0 Å².